The number of hydrogen-bond donors (Lipinski definition) is 1. The van der Waals surface area contributed by atoms with Crippen molar-refractivity contribution in [3.63, 3.8) is 0 Å². The van der Waals surface area contributed by atoms with Crippen LogP contribution in [0.15, 0.2) is 18.2 Å². The molecule has 0 heterocycles. The summed E-state index contributed by atoms with van der Waals surface area (Å²) < 4.78 is 4.85. The summed E-state index contributed by atoms with van der Waals surface area (Å²) >= 11 is 5.95. The lowest BCUT2D eigenvalue weighted by Crippen LogP contribution is -2.41. The molecule has 1 aromatic carbocycles. The first-order chi connectivity index (χ1) is 9.45. The van der Waals surface area contributed by atoms with E-state index >= 15 is 0 Å². The summed E-state index contributed by atoms with van der Waals surface area (Å²) in [6.07, 6.45) is 0. The Balaban J connectivity index is 2.82. The van der Waals surface area contributed by atoms with Crippen LogP contribution in [0.3, 0.4) is 0 Å². The van der Waals surface area contributed by atoms with Crippen molar-refractivity contribution in [2.24, 2.45) is 0 Å². The number of nitrogens with zero attached hydrogens (tertiary/aromatic N) is 1. The van der Waals surface area contributed by atoms with Crippen molar-refractivity contribution >= 4 is 29.1 Å². The fourth-order valence-electron chi connectivity index (χ4n) is 1.73. The summed E-state index contributed by atoms with van der Waals surface area (Å²) in [5.74, 6) is -0.450. The Bertz CT molecular complexity index is 491. The van der Waals surface area contributed by atoms with Crippen molar-refractivity contribution in [2.75, 3.05) is 31.7 Å². The normalized spacial score (nSPS) is 10.2. The number of nitrogens with one attached hydrogen (secondary N) is 1. The number of aryl methyl sites for hydroxylation is 1. The zero-order valence-corrected chi connectivity index (χ0v) is 12.7. The minimum atomic E-state index is -0.239. The molecule has 0 saturated heterocycles. The van der Waals surface area contributed by atoms with Gasteiger partial charge in [-0.3, -0.25) is 9.59 Å². The highest BCUT2D eigenvalue weighted by molar-refractivity contribution is 6.31. The molecule has 20 heavy (non-hydrogen) atoms. The third kappa shape index (κ3) is 4.83. The second-order valence-corrected chi connectivity index (χ2v) is 4.82. The lowest BCUT2D eigenvalue weighted by Gasteiger charge is -2.22. The highest BCUT2D eigenvalue weighted by Crippen LogP contribution is 2.24. The highest BCUT2D eigenvalue weighted by atomic mass is 35.5. The zero-order valence-electron chi connectivity index (χ0n) is 11.9. The van der Waals surface area contributed by atoms with E-state index in [1.54, 1.807) is 19.2 Å². The first-order valence-electron chi connectivity index (χ1n) is 6.25. The van der Waals surface area contributed by atoms with Gasteiger partial charge in [-0.2, -0.15) is 0 Å². The average Bonchev–Trinajstić information content (AvgIpc) is 2.39. The Morgan fingerprint density at radius 2 is 2.10 bits per heavy atom. The molecule has 0 aromatic heterocycles. The SMILES string of the molecule is COCCNC(=O)CN(C(C)=O)c1cc(Cl)ccc1C. The fourth-order valence-corrected chi connectivity index (χ4v) is 1.90. The van der Waals surface area contributed by atoms with Gasteiger partial charge in [-0.25, -0.2) is 0 Å². The van der Waals surface area contributed by atoms with Crippen LogP contribution in [-0.4, -0.2) is 38.6 Å². The third-order valence-corrected chi connectivity index (χ3v) is 3.01. The van der Waals surface area contributed by atoms with E-state index in [2.05, 4.69) is 5.32 Å². The Hall–Kier alpha value is -1.59. The van der Waals surface area contributed by atoms with E-state index in [0.717, 1.165) is 5.56 Å². The Labute approximate surface area is 123 Å². The van der Waals surface area contributed by atoms with Crippen molar-refractivity contribution in [3.05, 3.63) is 28.8 Å². The van der Waals surface area contributed by atoms with Gasteiger partial charge in [0.2, 0.25) is 11.8 Å². The maximum atomic E-state index is 11.8. The number of benzene rings is 1. The Morgan fingerprint density at radius 1 is 1.40 bits per heavy atom. The minimum absolute atomic E-state index is 0.0414. The number of rotatable bonds is 6. The largest absolute Gasteiger partial charge is 0.383 e. The van der Waals surface area contributed by atoms with Crippen LogP contribution >= 0.6 is 11.6 Å². The van der Waals surface area contributed by atoms with Gasteiger partial charge in [-0.1, -0.05) is 17.7 Å². The number of ether oxygens (including phenoxy) is 1. The first kappa shape index (κ1) is 16.5. The molecule has 0 atom stereocenters. The number of amides is 2. The minimum Gasteiger partial charge on any atom is -0.383 e. The highest BCUT2D eigenvalue weighted by Gasteiger charge is 2.17. The van der Waals surface area contributed by atoms with Gasteiger partial charge in [-0.15, -0.1) is 0 Å². The quantitative estimate of drug-likeness (QED) is 0.814. The van der Waals surface area contributed by atoms with Crippen LogP contribution in [0.2, 0.25) is 5.02 Å². The number of hydrogen-bond acceptors (Lipinski definition) is 3. The molecule has 5 nitrogen and oxygen atoms in total. The average molecular weight is 299 g/mol. The molecule has 0 aliphatic heterocycles. The molecule has 6 heteroatoms. The van der Waals surface area contributed by atoms with Crippen LogP contribution in [0.25, 0.3) is 0 Å². The van der Waals surface area contributed by atoms with E-state index in [1.165, 1.54) is 11.8 Å². The molecule has 0 radical (unpaired) electrons. The van der Waals surface area contributed by atoms with E-state index in [9.17, 15) is 9.59 Å². The van der Waals surface area contributed by atoms with Crippen molar-refractivity contribution in [1.29, 1.82) is 0 Å². The van der Waals surface area contributed by atoms with E-state index in [-0.39, 0.29) is 18.4 Å². The number of anilines is 1. The van der Waals surface area contributed by atoms with Gasteiger partial charge in [-0.05, 0) is 24.6 Å². The summed E-state index contributed by atoms with van der Waals surface area (Å²) in [6.45, 7) is 4.09. The monoisotopic (exact) mass is 298 g/mol. The Morgan fingerprint density at radius 3 is 2.70 bits per heavy atom. The molecule has 0 aliphatic carbocycles. The summed E-state index contributed by atoms with van der Waals surface area (Å²) in [7, 11) is 1.56. The smallest absolute Gasteiger partial charge is 0.240 e. The van der Waals surface area contributed by atoms with Gasteiger partial charge in [0.1, 0.15) is 6.54 Å². The number of carbonyl (C=O) groups is 2. The van der Waals surface area contributed by atoms with Crippen molar-refractivity contribution in [1.82, 2.24) is 5.32 Å². The molecule has 0 saturated carbocycles. The zero-order chi connectivity index (χ0) is 15.1. The van der Waals surface area contributed by atoms with Gasteiger partial charge in [0.15, 0.2) is 0 Å². The van der Waals surface area contributed by atoms with Crippen LogP contribution in [0.4, 0.5) is 5.69 Å². The molecular weight excluding hydrogens is 280 g/mol. The van der Waals surface area contributed by atoms with Crippen LogP contribution < -0.4 is 10.2 Å². The lowest BCUT2D eigenvalue weighted by atomic mass is 10.1. The molecule has 1 rings (SSSR count). The van der Waals surface area contributed by atoms with E-state index in [4.69, 9.17) is 16.3 Å². The second-order valence-electron chi connectivity index (χ2n) is 4.38. The molecule has 0 fully saturated rings. The summed E-state index contributed by atoms with van der Waals surface area (Å²) in [5.41, 5.74) is 1.53. The molecule has 0 aliphatic rings. The fraction of sp³-hybridized carbons (Fsp3) is 0.429. The molecular formula is C14H19ClN2O3. The van der Waals surface area contributed by atoms with E-state index in [0.29, 0.717) is 23.9 Å². The Kier molecular flexibility index (Phi) is 6.48. The number of carbonyl (C=O) groups excluding carboxylic acids is 2. The third-order valence-electron chi connectivity index (χ3n) is 2.77. The van der Waals surface area contributed by atoms with Crippen molar-refractivity contribution in [3.8, 4) is 0 Å². The number of halogens is 1. The van der Waals surface area contributed by atoms with Crippen LogP contribution in [0.5, 0.6) is 0 Å². The summed E-state index contributed by atoms with van der Waals surface area (Å²) in [4.78, 5) is 25.0. The summed E-state index contributed by atoms with van der Waals surface area (Å²) in [6, 6.07) is 5.24. The van der Waals surface area contributed by atoms with Crippen LogP contribution in [-0.2, 0) is 14.3 Å². The van der Waals surface area contributed by atoms with Gasteiger partial charge >= 0.3 is 0 Å². The maximum Gasteiger partial charge on any atom is 0.240 e. The molecule has 2 amide bonds. The molecule has 110 valence electrons. The van der Waals surface area contributed by atoms with Crippen LogP contribution in [0.1, 0.15) is 12.5 Å². The number of methoxy groups -OCH3 is 1. The molecule has 0 unspecified atom stereocenters. The van der Waals surface area contributed by atoms with Crippen molar-refractivity contribution in [2.45, 2.75) is 13.8 Å². The first-order valence-corrected chi connectivity index (χ1v) is 6.63. The van der Waals surface area contributed by atoms with Gasteiger partial charge in [0, 0.05) is 31.3 Å². The van der Waals surface area contributed by atoms with Crippen molar-refractivity contribution < 1.29 is 14.3 Å². The van der Waals surface area contributed by atoms with Gasteiger partial charge in [0.25, 0.3) is 0 Å². The predicted octanol–water partition coefficient (Wildman–Crippen LogP) is 1.76. The molecule has 0 spiro atoms. The second kappa shape index (κ2) is 7.87. The standard InChI is InChI=1S/C14H19ClN2O3/c1-10-4-5-12(15)8-13(10)17(11(2)18)9-14(19)16-6-7-20-3/h4-5,8H,6-7,9H2,1-3H3,(H,16,19). The molecule has 1 N–H and O–H groups in total. The maximum absolute atomic E-state index is 11.8. The molecule has 0 bridgehead atoms. The topological polar surface area (TPSA) is 58.6 Å². The van der Waals surface area contributed by atoms with E-state index < -0.39 is 0 Å². The lowest BCUT2D eigenvalue weighted by molar-refractivity contribution is -0.123. The van der Waals surface area contributed by atoms with Crippen LogP contribution in [0, 0.1) is 6.92 Å². The van der Waals surface area contributed by atoms with E-state index in [1.807, 2.05) is 13.0 Å². The summed E-state index contributed by atoms with van der Waals surface area (Å²) in [5, 5.41) is 3.21. The van der Waals surface area contributed by atoms with Gasteiger partial charge in [0.05, 0.1) is 6.61 Å². The predicted molar refractivity (Wildman–Crippen MR) is 79.1 cm³/mol. The molecule has 1 aromatic rings. The van der Waals surface area contributed by atoms with Gasteiger partial charge < -0.3 is 15.0 Å².